The van der Waals surface area contributed by atoms with Crippen LogP contribution < -0.4 is 0 Å². The fourth-order valence-corrected chi connectivity index (χ4v) is 1.58. The molecule has 0 N–H and O–H groups in total. The highest BCUT2D eigenvalue weighted by Crippen LogP contribution is 2.23. The highest BCUT2D eigenvalue weighted by Gasteiger charge is 2.06. The molecule has 1 aromatic rings. The number of carbonyl (C=O) groups excluding carboxylic acids is 1. The standard InChI is InChI=1S/C11H12BrClO/c1-2-3-4-11(14)8-5-6-9(12)10(13)7-8/h5-7H,2-4H2,1H3. The first-order valence-electron chi connectivity index (χ1n) is 4.63. The van der Waals surface area contributed by atoms with E-state index in [2.05, 4.69) is 22.9 Å². The molecule has 0 aliphatic rings. The van der Waals surface area contributed by atoms with Gasteiger partial charge in [0.05, 0.1) is 5.02 Å². The third-order valence-corrected chi connectivity index (χ3v) is 3.23. The zero-order chi connectivity index (χ0) is 10.6. The Labute approximate surface area is 97.6 Å². The molecule has 0 aliphatic heterocycles. The predicted molar refractivity (Wildman–Crippen MR) is 63.0 cm³/mol. The summed E-state index contributed by atoms with van der Waals surface area (Å²) < 4.78 is 0.825. The minimum atomic E-state index is 0.168. The van der Waals surface area contributed by atoms with Crippen molar-refractivity contribution in [1.29, 1.82) is 0 Å². The average molecular weight is 276 g/mol. The highest BCUT2D eigenvalue weighted by atomic mass is 79.9. The first-order valence-corrected chi connectivity index (χ1v) is 5.80. The van der Waals surface area contributed by atoms with Crippen LogP contribution in [-0.2, 0) is 0 Å². The Morgan fingerprint density at radius 3 is 2.79 bits per heavy atom. The van der Waals surface area contributed by atoms with Gasteiger partial charge in [0, 0.05) is 16.5 Å². The second-order valence-corrected chi connectivity index (χ2v) is 4.42. The van der Waals surface area contributed by atoms with Crippen molar-refractivity contribution in [2.45, 2.75) is 26.2 Å². The maximum Gasteiger partial charge on any atom is 0.162 e. The molecule has 0 atom stereocenters. The van der Waals surface area contributed by atoms with Gasteiger partial charge in [-0.05, 0) is 34.5 Å². The third-order valence-electron chi connectivity index (χ3n) is 2.00. The number of unbranched alkanes of at least 4 members (excludes halogenated alkanes) is 1. The lowest BCUT2D eigenvalue weighted by molar-refractivity contribution is 0.0980. The van der Waals surface area contributed by atoms with Crippen LogP contribution in [0.4, 0.5) is 0 Å². The van der Waals surface area contributed by atoms with Crippen LogP contribution in [0.15, 0.2) is 22.7 Å². The second-order valence-electron chi connectivity index (χ2n) is 3.16. The topological polar surface area (TPSA) is 17.1 Å². The summed E-state index contributed by atoms with van der Waals surface area (Å²) >= 11 is 9.18. The largest absolute Gasteiger partial charge is 0.294 e. The van der Waals surface area contributed by atoms with Crippen LogP contribution in [-0.4, -0.2) is 5.78 Å². The monoisotopic (exact) mass is 274 g/mol. The van der Waals surface area contributed by atoms with Crippen LogP contribution in [0.3, 0.4) is 0 Å². The Balaban J connectivity index is 2.76. The van der Waals surface area contributed by atoms with Crippen LogP contribution in [0, 0.1) is 0 Å². The molecule has 76 valence electrons. The quantitative estimate of drug-likeness (QED) is 0.741. The van der Waals surface area contributed by atoms with Gasteiger partial charge in [0.25, 0.3) is 0 Å². The van der Waals surface area contributed by atoms with E-state index in [0.717, 1.165) is 17.3 Å². The van der Waals surface area contributed by atoms with Gasteiger partial charge in [0.2, 0.25) is 0 Å². The summed E-state index contributed by atoms with van der Waals surface area (Å²) in [6.45, 7) is 2.07. The number of hydrogen-bond acceptors (Lipinski definition) is 1. The fraction of sp³-hybridized carbons (Fsp3) is 0.364. The summed E-state index contributed by atoms with van der Waals surface area (Å²) in [6.07, 6.45) is 2.58. The van der Waals surface area contributed by atoms with Gasteiger partial charge in [-0.2, -0.15) is 0 Å². The van der Waals surface area contributed by atoms with Crippen LogP contribution >= 0.6 is 27.5 Å². The Morgan fingerprint density at radius 2 is 2.21 bits per heavy atom. The molecule has 1 aromatic carbocycles. The lowest BCUT2D eigenvalue weighted by Crippen LogP contribution is -1.98. The molecule has 0 saturated heterocycles. The molecule has 0 bridgehead atoms. The number of rotatable bonds is 4. The first-order chi connectivity index (χ1) is 6.65. The molecule has 0 aliphatic carbocycles. The molecule has 1 rings (SSSR count). The number of ketones is 1. The number of hydrogen-bond donors (Lipinski definition) is 0. The molecule has 0 fully saturated rings. The molecule has 3 heteroatoms. The van der Waals surface area contributed by atoms with Crippen molar-refractivity contribution < 1.29 is 4.79 Å². The lowest BCUT2D eigenvalue weighted by Gasteiger charge is -2.01. The second kappa shape index (κ2) is 5.52. The average Bonchev–Trinajstić information content (AvgIpc) is 2.18. The lowest BCUT2D eigenvalue weighted by atomic mass is 10.1. The van der Waals surface area contributed by atoms with Crippen molar-refractivity contribution in [2.75, 3.05) is 0 Å². The Morgan fingerprint density at radius 1 is 1.50 bits per heavy atom. The number of benzene rings is 1. The summed E-state index contributed by atoms with van der Waals surface area (Å²) in [7, 11) is 0. The van der Waals surface area contributed by atoms with E-state index in [1.54, 1.807) is 12.1 Å². The van der Waals surface area contributed by atoms with Crippen molar-refractivity contribution in [3.63, 3.8) is 0 Å². The van der Waals surface area contributed by atoms with E-state index in [9.17, 15) is 4.79 Å². The van der Waals surface area contributed by atoms with Crippen LogP contribution in [0.2, 0.25) is 5.02 Å². The molecule has 0 amide bonds. The summed E-state index contributed by atoms with van der Waals surface area (Å²) in [5.74, 6) is 0.168. The maximum absolute atomic E-state index is 11.6. The van der Waals surface area contributed by atoms with Crippen molar-refractivity contribution in [1.82, 2.24) is 0 Å². The Hall–Kier alpha value is -0.340. The van der Waals surface area contributed by atoms with Crippen molar-refractivity contribution in [3.8, 4) is 0 Å². The van der Waals surface area contributed by atoms with E-state index in [-0.39, 0.29) is 5.78 Å². The van der Waals surface area contributed by atoms with Gasteiger partial charge in [-0.15, -0.1) is 0 Å². The fourth-order valence-electron chi connectivity index (χ4n) is 1.15. The van der Waals surface area contributed by atoms with Gasteiger partial charge < -0.3 is 0 Å². The minimum absolute atomic E-state index is 0.168. The van der Waals surface area contributed by atoms with E-state index in [1.807, 2.05) is 6.07 Å². The van der Waals surface area contributed by atoms with Gasteiger partial charge in [-0.3, -0.25) is 4.79 Å². The smallest absolute Gasteiger partial charge is 0.162 e. The van der Waals surface area contributed by atoms with Crippen molar-refractivity contribution >= 4 is 33.3 Å². The van der Waals surface area contributed by atoms with Crippen molar-refractivity contribution in [3.05, 3.63) is 33.3 Å². The van der Waals surface area contributed by atoms with Gasteiger partial charge in [0.1, 0.15) is 0 Å². The van der Waals surface area contributed by atoms with Gasteiger partial charge in [0.15, 0.2) is 5.78 Å². The molecule has 14 heavy (non-hydrogen) atoms. The minimum Gasteiger partial charge on any atom is -0.294 e. The van der Waals surface area contributed by atoms with Crippen LogP contribution in [0.25, 0.3) is 0 Å². The molecule has 0 spiro atoms. The Kier molecular flexibility index (Phi) is 4.63. The highest BCUT2D eigenvalue weighted by molar-refractivity contribution is 9.10. The number of halogens is 2. The molecule has 0 saturated carbocycles. The van der Waals surface area contributed by atoms with Gasteiger partial charge in [-0.25, -0.2) is 0 Å². The van der Waals surface area contributed by atoms with E-state index in [4.69, 9.17) is 11.6 Å². The van der Waals surface area contributed by atoms with Gasteiger partial charge in [-0.1, -0.05) is 31.0 Å². The van der Waals surface area contributed by atoms with Gasteiger partial charge >= 0.3 is 0 Å². The SMILES string of the molecule is CCCCC(=O)c1ccc(Br)c(Cl)c1. The normalized spacial score (nSPS) is 10.2. The molecule has 0 heterocycles. The molecular weight excluding hydrogens is 263 g/mol. The zero-order valence-corrected chi connectivity index (χ0v) is 10.4. The first kappa shape index (κ1) is 11.7. The third kappa shape index (κ3) is 3.10. The maximum atomic E-state index is 11.6. The summed E-state index contributed by atoms with van der Waals surface area (Å²) in [5, 5.41) is 0.590. The van der Waals surface area contributed by atoms with E-state index in [0.29, 0.717) is 17.0 Å². The molecule has 0 unspecified atom stereocenters. The van der Waals surface area contributed by atoms with Crippen molar-refractivity contribution in [2.24, 2.45) is 0 Å². The molecule has 0 aromatic heterocycles. The molecular formula is C11H12BrClO. The van der Waals surface area contributed by atoms with E-state index >= 15 is 0 Å². The van der Waals surface area contributed by atoms with Crippen LogP contribution in [0.1, 0.15) is 36.5 Å². The number of carbonyl (C=O) groups is 1. The molecule has 0 radical (unpaired) electrons. The van der Waals surface area contributed by atoms with E-state index < -0.39 is 0 Å². The Bertz CT molecular complexity index is 336. The zero-order valence-electron chi connectivity index (χ0n) is 8.02. The number of Topliss-reactive ketones (excluding diaryl/α,β-unsaturated/α-hetero) is 1. The summed E-state index contributed by atoms with van der Waals surface area (Å²) in [5.41, 5.74) is 0.701. The van der Waals surface area contributed by atoms with Crippen LogP contribution in [0.5, 0.6) is 0 Å². The summed E-state index contributed by atoms with van der Waals surface area (Å²) in [6, 6.07) is 5.32. The predicted octanol–water partition coefficient (Wildman–Crippen LogP) is 4.48. The summed E-state index contributed by atoms with van der Waals surface area (Å²) in [4.78, 5) is 11.6. The van der Waals surface area contributed by atoms with E-state index in [1.165, 1.54) is 0 Å². The molecule has 1 nitrogen and oxygen atoms in total.